The lowest BCUT2D eigenvalue weighted by Crippen LogP contribution is -2.27. The fraction of sp³-hybridized carbons (Fsp3) is 0.364. The fourth-order valence-electron chi connectivity index (χ4n) is 3.47. The van der Waals surface area contributed by atoms with Gasteiger partial charge in [-0.15, -0.1) is 11.3 Å². The third-order valence-corrected chi connectivity index (χ3v) is 6.02. The zero-order chi connectivity index (χ0) is 21.5. The number of carbonyl (C=O) groups is 2. The van der Waals surface area contributed by atoms with E-state index in [9.17, 15) is 14.4 Å². The number of aryl methyl sites for hydroxylation is 2. The fourth-order valence-corrected chi connectivity index (χ4v) is 4.73. The van der Waals surface area contributed by atoms with Gasteiger partial charge in [-0.1, -0.05) is 12.1 Å². The molecule has 0 spiro atoms. The summed E-state index contributed by atoms with van der Waals surface area (Å²) in [7, 11) is 0. The Bertz CT molecular complexity index is 1190. The van der Waals surface area contributed by atoms with Crippen LogP contribution in [0.3, 0.4) is 0 Å². The van der Waals surface area contributed by atoms with Gasteiger partial charge in [-0.3, -0.25) is 9.59 Å². The Morgan fingerprint density at radius 3 is 2.63 bits per heavy atom. The molecule has 1 aliphatic rings. The van der Waals surface area contributed by atoms with E-state index in [1.54, 1.807) is 24.3 Å². The minimum Gasteiger partial charge on any atom is -0.456 e. The Morgan fingerprint density at radius 1 is 1.20 bits per heavy atom. The first-order chi connectivity index (χ1) is 14.2. The van der Waals surface area contributed by atoms with E-state index >= 15 is 0 Å². The van der Waals surface area contributed by atoms with Crippen molar-refractivity contribution in [3.63, 3.8) is 0 Å². The maximum Gasteiger partial charge on any atom is 0.338 e. The summed E-state index contributed by atoms with van der Waals surface area (Å²) in [5, 5.41) is 3.39. The molecular formula is C22H23N3O4S. The Balaban J connectivity index is 1.44. The van der Waals surface area contributed by atoms with Gasteiger partial charge in [0.15, 0.2) is 0 Å². The summed E-state index contributed by atoms with van der Waals surface area (Å²) in [6.45, 7) is 5.69. The molecule has 30 heavy (non-hydrogen) atoms. The molecule has 1 aliphatic carbocycles. The van der Waals surface area contributed by atoms with Crippen LogP contribution in [0.15, 0.2) is 29.1 Å². The van der Waals surface area contributed by atoms with Crippen LogP contribution in [0.2, 0.25) is 0 Å². The van der Waals surface area contributed by atoms with Crippen LogP contribution >= 0.6 is 11.3 Å². The summed E-state index contributed by atoms with van der Waals surface area (Å²) < 4.78 is 5.34. The minimum atomic E-state index is -0.558. The van der Waals surface area contributed by atoms with Gasteiger partial charge in [0.05, 0.1) is 10.9 Å². The number of rotatable bonds is 4. The van der Waals surface area contributed by atoms with Crippen molar-refractivity contribution in [1.29, 1.82) is 0 Å². The number of nitrogens with one attached hydrogen (secondary N) is 2. The van der Waals surface area contributed by atoms with Gasteiger partial charge in [0, 0.05) is 11.4 Å². The number of amides is 1. The van der Waals surface area contributed by atoms with Gasteiger partial charge in [0.2, 0.25) is 5.82 Å². The summed E-state index contributed by atoms with van der Waals surface area (Å²) in [4.78, 5) is 45.9. The Morgan fingerprint density at radius 2 is 1.93 bits per heavy atom. The highest BCUT2D eigenvalue weighted by Gasteiger charge is 2.22. The first kappa shape index (κ1) is 20.3. The maximum absolute atomic E-state index is 12.5. The van der Waals surface area contributed by atoms with Crippen molar-refractivity contribution in [2.45, 2.75) is 52.2 Å². The van der Waals surface area contributed by atoms with E-state index < -0.39 is 17.5 Å². The van der Waals surface area contributed by atoms with Crippen molar-refractivity contribution in [1.82, 2.24) is 15.3 Å². The van der Waals surface area contributed by atoms with E-state index in [4.69, 9.17) is 4.74 Å². The third-order valence-electron chi connectivity index (χ3n) is 4.83. The number of benzene rings is 1. The average molecular weight is 426 g/mol. The second kappa shape index (κ2) is 7.68. The predicted octanol–water partition coefficient (Wildman–Crippen LogP) is 3.36. The number of esters is 1. The van der Waals surface area contributed by atoms with Crippen LogP contribution in [0, 0.1) is 0 Å². The quantitative estimate of drug-likeness (QED) is 0.624. The number of aromatic nitrogens is 2. The lowest BCUT2D eigenvalue weighted by Gasteiger charge is -2.19. The number of hydrogen-bond acceptors (Lipinski definition) is 6. The van der Waals surface area contributed by atoms with Gasteiger partial charge >= 0.3 is 5.97 Å². The summed E-state index contributed by atoms with van der Waals surface area (Å²) in [5.74, 6) is -0.826. The van der Waals surface area contributed by atoms with Crippen LogP contribution in [0.1, 0.15) is 64.2 Å². The number of hydrogen-bond donors (Lipinski definition) is 2. The molecule has 0 radical (unpaired) electrons. The van der Waals surface area contributed by atoms with Gasteiger partial charge in [-0.25, -0.2) is 9.78 Å². The van der Waals surface area contributed by atoms with Crippen LogP contribution in [-0.4, -0.2) is 27.4 Å². The van der Waals surface area contributed by atoms with E-state index in [-0.39, 0.29) is 17.9 Å². The smallest absolute Gasteiger partial charge is 0.338 e. The SMILES string of the molecule is CC(C)(C)OC(=O)c1ccc(CNC(=O)c2nc3sc4c(c3c(=O)[nH]2)CCC4)cc1. The molecule has 0 aliphatic heterocycles. The Labute approximate surface area is 177 Å². The molecule has 4 rings (SSSR count). The van der Waals surface area contributed by atoms with Crippen LogP contribution < -0.4 is 10.9 Å². The number of carbonyl (C=O) groups excluding carboxylic acids is 2. The van der Waals surface area contributed by atoms with Gasteiger partial charge in [-0.05, 0) is 63.3 Å². The average Bonchev–Trinajstić information content (AvgIpc) is 3.25. The topological polar surface area (TPSA) is 101 Å². The van der Waals surface area contributed by atoms with Crippen LogP contribution in [0.5, 0.6) is 0 Å². The lowest BCUT2D eigenvalue weighted by atomic mass is 10.1. The summed E-state index contributed by atoms with van der Waals surface area (Å²) in [6.07, 6.45) is 2.92. The molecule has 2 aromatic heterocycles. The zero-order valence-corrected chi connectivity index (χ0v) is 17.9. The monoisotopic (exact) mass is 425 g/mol. The molecule has 8 heteroatoms. The number of thiophene rings is 1. The molecule has 0 atom stereocenters. The molecular weight excluding hydrogens is 402 g/mol. The van der Waals surface area contributed by atoms with Crippen LogP contribution in [0.25, 0.3) is 10.2 Å². The summed E-state index contributed by atoms with van der Waals surface area (Å²) in [6, 6.07) is 6.83. The van der Waals surface area contributed by atoms with E-state index in [0.717, 1.165) is 30.4 Å². The third kappa shape index (κ3) is 4.14. The van der Waals surface area contributed by atoms with Crippen molar-refractivity contribution >= 4 is 33.4 Å². The summed E-state index contributed by atoms with van der Waals surface area (Å²) >= 11 is 1.50. The minimum absolute atomic E-state index is 0.0119. The van der Waals surface area contributed by atoms with Crippen molar-refractivity contribution in [2.75, 3.05) is 0 Å². The van der Waals surface area contributed by atoms with E-state index in [1.807, 2.05) is 20.8 Å². The second-order valence-corrected chi connectivity index (χ2v) is 9.42. The molecule has 156 valence electrons. The molecule has 1 aromatic carbocycles. The molecule has 3 aromatic rings. The van der Waals surface area contributed by atoms with Crippen molar-refractivity contribution in [3.05, 3.63) is 62.0 Å². The highest BCUT2D eigenvalue weighted by atomic mass is 32.1. The number of ether oxygens (including phenoxy) is 1. The Hall–Kier alpha value is -3.00. The van der Waals surface area contributed by atoms with Crippen LogP contribution in [-0.2, 0) is 24.1 Å². The van der Waals surface area contributed by atoms with E-state index in [0.29, 0.717) is 15.8 Å². The normalized spacial score (nSPS) is 13.3. The van der Waals surface area contributed by atoms with E-state index in [1.165, 1.54) is 16.2 Å². The Kier molecular flexibility index (Phi) is 5.19. The number of aromatic amines is 1. The zero-order valence-electron chi connectivity index (χ0n) is 17.1. The second-order valence-electron chi connectivity index (χ2n) is 8.33. The van der Waals surface area contributed by atoms with Crippen molar-refractivity contribution < 1.29 is 14.3 Å². The molecule has 2 N–H and O–H groups in total. The number of fused-ring (bicyclic) bond motifs is 3. The maximum atomic E-state index is 12.5. The van der Waals surface area contributed by atoms with Gasteiger partial charge in [0.25, 0.3) is 11.5 Å². The van der Waals surface area contributed by atoms with Crippen molar-refractivity contribution in [2.24, 2.45) is 0 Å². The molecule has 2 heterocycles. The van der Waals surface area contributed by atoms with Gasteiger partial charge < -0.3 is 15.0 Å². The number of H-pyrrole nitrogens is 1. The lowest BCUT2D eigenvalue weighted by molar-refractivity contribution is 0.00694. The van der Waals surface area contributed by atoms with E-state index in [2.05, 4.69) is 15.3 Å². The first-order valence-electron chi connectivity index (χ1n) is 9.86. The van der Waals surface area contributed by atoms with Crippen LogP contribution in [0.4, 0.5) is 0 Å². The molecule has 7 nitrogen and oxygen atoms in total. The standard InChI is InChI=1S/C22H23N3O4S/c1-22(2,3)29-21(28)13-9-7-12(8-10-13)11-23-19(27)17-24-18(26)16-14-5-4-6-15(14)30-20(16)25-17/h7-10H,4-6,11H2,1-3H3,(H,23,27)(H,24,25,26). The van der Waals surface area contributed by atoms with Gasteiger partial charge in [-0.2, -0.15) is 0 Å². The largest absolute Gasteiger partial charge is 0.456 e. The first-order valence-corrected chi connectivity index (χ1v) is 10.7. The summed E-state index contributed by atoms with van der Waals surface area (Å²) in [5.41, 5.74) is 1.53. The molecule has 0 saturated heterocycles. The highest BCUT2D eigenvalue weighted by Crippen LogP contribution is 2.34. The predicted molar refractivity (Wildman–Crippen MR) is 115 cm³/mol. The molecule has 0 bridgehead atoms. The molecule has 1 amide bonds. The van der Waals surface area contributed by atoms with Gasteiger partial charge in [0.1, 0.15) is 10.4 Å². The highest BCUT2D eigenvalue weighted by molar-refractivity contribution is 7.18. The molecule has 0 unspecified atom stereocenters. The molecule has 0 saturated carbocycles. The van der Waals surface area contributed by atoms with Crippen molar-refractivity contribution in [3.8, 4) is 0 Å². The molecule has 0 fully saturated rings. The number of nitrogens with zero attached hydrogens (tertiary/aromatic N) is 1.